The van der Waals surface area contributed by atoms with Gasteiger partial charge < -0.3 is 9.72 Å². The molecule has 0 bridgehead atoms. The van der Waals surface area contributed by atoms with E-state index in [1.54, 1.807) is 25.1 Å². The quantitative estimate of drug-likeness (QED) is 0.838. The number of aryl methyl sites for hydroxylation is 1. The Kier molecular flexibility index (Phi) is 4.50. The van der Waals surface area contributed by atoms with Gasteiger partial charge in [-0.05, 0) is 19.1 Å². The highest BCUT2D eigenvalue weighted by molar-refractivity contribution is 5.82. The predicted molar refractivity (Wildman–Crippen MR) is 71.9 cm³/mol. The molecule has 0 fully saturated rings. The molecule has 0 amide bonds. The Hall–Kier alpha value is -2.28. The third-order valence-electron chi connectivity index (χ3n) is 2.47. The molecule has 4 nitrogen and oxygen atoms in total. The zero-order valence-electron chi connectivity index (χ0n) is 11.0. The number of nitrogens with zero attached hydrogens (tertiary/aromatic N) is 1. The SMILES string of the molecule is CC.COc1cc2[nH]c(=O)c(C)cc2cc1C#N. The van der Waals surface area contributed by atoms with Crippen LogP contribution in [0.1, 0.15) is 25.0 Å². The molecule has 0 unspecified atom stereocenters. The summed E-state index contributed by atoms with van der Waals surface area (Å²) >= 11 is 0. The van der Waals surface area contributed by atoms with Crippen LogP contribution in [-0.4, -0.2) is 12.1 Å². The zero-order valence-corrected chi connectivity index (χ0v) is 11.0. The fourth-order valence-corrected chi connectivity index (χ4v) is 1.60. The average molecular weight is 244 g/mol. The minimum Gasteiger partial charge on any atom is -0.495 e. The van der Waals surface area contributed by atoms with E-state index in [0.717, 1.165) is 5.39 Å². The Labute approximate surface area is 106 Å². The van der Waals surface area contributed by atoms with Gasteiger partial charge in [-0.15, -0.1) is 0 Å². The minimum absolute atomic E-state index is 0.126. The van der Waals surface area contributed by atoms with Gasteiger partial charge in [-0.3, -0.25) is 4.79 Å². The Morgan fingerprint density at radius 2 is 1.94 bits per heavy atom. The molecule has 1 heterocycles. The van der Waals surface area contributed by atoms with Gasteiger partial charge in [0, 0.05) is 17.0 Å². The Balaban J connectivity index is 0.000000771. The van der Waals surface area contributed by atoms with Crippen molar-refractivity contribution >= 4 is 10.9 Å². The van der Waals surface area contributed by atoms with Gasteiger partial charge >= 0.3 is 0 Å². The number of benzene rings is 1. The number of nitrogens with one attached hydrogen (secondary N) is 1. The summed E-state index contributed by atoms with van der Waals surface area (Å²) in [5, 5.41) is 9.76. The van der Waals surface area contributed by atoms with E-state index in [1.165, 1.54) is 7.11 Å². The fraction of sp³-hybridized carbons (Fsp3) is 0.286. The molecule has 2 rings (SSSR count). The molecule has 1 aromatic heterocycles. The first-order chi connectivity index (χ1) is 8.65. The van der Waals surface area contributed by atoms with Crippen molar-refractivity contribution in [3.8, 4) is 11.8 Å². The van der Waals surface area contributed by atoms with Crippen LogP contribution in [0.25, 0.3) is 10.9 Å². The van der Waals surface area contributed by atoms with Crippen LogP contribution in [0.4, 0.5) is 0 Å². The molecule has 0 aliphatic rings. The number of hydrogen-bond acceptors (Lipinski definition) is 3. The summed E-state index contributed by atoms with van der Waals surface area (Å²) in [6.45, 7) is 5.73. The normalized spacial score (nSPS) is 9.28. The van der Waals surface area contributed by atoms with Crippen molar-refractivity contribution in [2.75, 3.05) is 7.11 Å². The van der Waals surface area contributed by atoms with E-state index in [0.29, 0.717) is 22.4 Å². The number of nitriles is 1. The van der Waals surface area contributed by atoms with Crippen LogP contribution in [0, 0.1) is 18.3 Å². The first-order valence-electron chi connectivity index (χ1n) is 5.77. The first-order valence-corrected chi connectivity index (χ1v) is 5.77. The maximum atomic E-state index is 11.4. The third kappa shape index (κ3) is 2.51. The smallest absolute Gasteiger partial charge is 0.251 e. The molecule has 0 saturated heterocycles. The van der Waals surface area contributed by atoms with Crippen LogP contribution >= 0.6 is 0 Å². The topological polar surface area (TPSA) is 65.9 Å². The Morgan fingerprint density at radius 1 is 1.28 bits per heavy atom. The van der Waals surface area contributed by atoms with E-state index in [4.69, 9.17) is 10.00 Å². The molecule has 2 aromatic rings. The number of hydrogen-bond donors (Lipinski definition) is 1. The van der Waals surface area contributed by atoms with Gasteiger partial charge in [0.25, 0.3) is 5.56 Å². The monoisotopic (exact) mass is 244 g/mol. The van der Waals surface area contributed by atoms with Crippen molar-refractivity contribution in [1.82, 2.24) is 4.98 Å². The molecule has 1 N–H and O–H groups in total. The molecule has 0 saturated carbocycles. The van der Waals surface area contributed by atoms with Crippen LogP contribution in [-0.2, 0) is 0 Å². The lowest BCUT2D eigenvalue weighted by atomic mass is 10.1. The van der Waals surface area contributed by atoms with E-state index in [9.17, 15) is 4.79 Å². The fourth-order valence-electron chi connectivity index (χ4n) is 1.60. The maximum Gasteiger partial charge on any atom is 0.251 e. The molecule has 94 valence electrons. The van der Waals surface area contributed by atoms with Crippen LogP contribution < -0.4 is 10.3 Å². The number of methoxy groups -OCH3 is 1. The van der Waals surface area contributed by atoms with Crippen molar-refractivity contribution in [2.24, 2.45) is 0 Å². The van der Waals surface area contributed by atoms with Gasteiger partial charge in [-0.1, -0.05) is 13.8 Å². The molecule has 0 spiro atoms. The van der Waals surface area contributed by atoms with Crippen molar-refractivity contribution in [3.05, 3.63) is 39.7 Å². The summed E-state index contributed by atoms with van der Waals surface area (Å²) < 4.78 is 5.07. The molecule has 1 aromatic carbocycles. The number of fused-ring (bicyclic) bond motifs is 1. The number of pyridine rings is 1. The maximum absolute atomic E-state index is 11.4. The highest BCUT2D eigenvalue weighted by atomic mass is 16.5. The van der Waals surface area contributed by atoms with Gasteiger partial charge in [-0.25, -0.2) is 0 Å². The molecule has 0 aliphatic carbocycles. The van der Waals surface area contributed by atoms with E-state index < -0.39 is 0 Å². The average Bonchev–Trinajstić information content (AvgIpc) is 2.41. The van der Waals surface area contributed by atoms with E-state index in [2.05, 4.69) is 11.1 Å². The van der Waals surface area contributed by atoms with Crippen LogP contribution in [0.15, 0.2) is 23.0 Å². The lowest BCUT2D eigenvalue weighted by Gasteiger charge is -2.05. The summed E-state index contributed by atoms with van der Waals surface area (Å²) in [5.41, 5.74) is 1.63. The van der Waals surface area contributed by atoms with Gasteiger partial charge in [0.2, 0.25) is 0 Å². The molecule has 4 heteroatoms. The van der Waals surface area contributed by atoms with Crippen molar-refractivity contribution in [3.63, 3.8) is 0 Å². The first kappa shape index (κ1) is 13.8. The van der Waals surface area contributed by atoms with Gasteiger partial charge in [0.15, 0.2) is 0 Å². The standard InChI is InChI=1S/C12H10N2O2.C2H6/c1-7-3-8-4-9(6-13)11(16-2)5-10(8)14-12(7)15;1-2/h3-5H,1-2H3,(H,14,15);1-2H3. The van der Waals surface area contributed by atoms with E-state index in [1.807, 2.05) is 13.8 Å². The highest BCUT2D eigenvalue weighted by Gasteiger charge is 2.06. The largest absolute Gasteiger partial charge is 0.495 e. The highest BCUT2D eigenvalue weighted by Crippen LogP contribution is 2.23. The second-order valence-electron chi connectivity index (χ2n) is 3.53. The lowest BCUT2D eigenvalue weighted by Crippen LogP contribution is -2.08. The third-order valence-corrected chi connectivity index (χ3v) is 2.47. The second-order valence-corrected chi connectivity index (χ2v) is 3.53. The number of ether oxygens (including phenoxy) is 1. The van der Waals surface area contributed by atoms with Crippen LogP contribution in [0.2, 0.25) is 0 Å². The molecule has 0 aliphatic heterocycles. The van der Waals surface area contributed by atoms with Gasteiger partial charge in [-0.2, -0.15) is 5.26 Å². The lowest BCUT2D eigenvalue weighted by molar-refractivity contribution is 0.414. The summed E-state index contributed by atoms with van der Waals surface area (Å²) in [4.78, 5) is 14.2. The van der Waals surface area contributed by atoms with E-state index in [-0.39, 0.29) is 5.56 Å². The molecular formula is C14H16N2O2. The summed E-state index contributed by atoms with van der Waals surface area (Å²) in [5.74, 6) is 0.467. The Morgan fingerprint density at radius 3 is 2.50 bits per heavy atom. The molecular weight excluding hydrogens is 228 g/mol. The summed E-state index contributed by atoms with van der Waals surface area (Å²) in [6, 6.07) is 7.18. The second kappa shape index (κ2) is 5.87. The van der Waals surface area contributed by atoms with E-state index >= 15 is 0 Å². The molecule has 18 heavy (non-hydrogen) atoms. The zero-order chi connectivity index (χ0) is 13.7. The minimum atomic E-state index is -0.126. The molecule has 0 atom stereocenters. The number of H-pyrrole nitrogens is 1. The van der Waals surface area contributed by atoms with Crippen molar-refractivity contribution in [2.45, 2.75) is 20.8 Å². The number of aromatic amines is 1. The predicted octanol–water partition coefficient (Wildman–Crippen LogP) is 2.74. The number of aromatic nitrogens is 1. The molecule has 0 radical (unpaired) electrons. The number of rotatable bonds is 1. The Bertz CT molecular complexity index is 651. The van der Waals surface area contributed by atoms with Crippen molar-refractivity contribution < 1.29 is 4.74 Å². The van der Waals surface area contributed by atoms with Crippen LogP contribution in [0.5, 0.6) is 5.75 Å². The van der Waals surface area contributed by atoms with Crippen LogP contribution in [0.3, 0.4) is 0 Å². The van der Waals surface area contributed by atoms with Crippen molar-refractivity contribution in [1.29, 1.82) is 5.26 Å². The van der Waals surface area contributed by atoms with Gasteiger partial charge in [0.05, 0.1) is 18.2 Å². The van der Waals surface area contributed by atoms with Gasteiger partial charge in [0.1, 0.15) is 11.8 Å². The summed E-state index contributed by atoms with van der Waals surface area (Å²) in [6.07, 6.45) is 0. The summed E-state index contributed by atoms with van der Waals surface area (Å²) in [7, 11) is 1.49.